The van der Waals surface area contributed by atoms with E-state index in [-0.39, 0.29) is 66.0 Å². The van der Waals surface area contributed by atoms with Crippen LogP contribution in [0.2, 0.25) is 0 Å². The Kier molecular flexibility index (Phi) is 33.3. The van der Waals surface area contributed by atoms with Gasteiger partial charge in [0.25, 0.3) is 0 Å². The minimum absolute atomic E-state index is 0.00903. The SMILES string of the molecule is C=C(C)C(=O)N1CC[N+](C)(CC(=O)[O-])CC1.C=C(C)C(=O)NCCC[N+](C)(C)CC(=O)[O-].C=C(C)C(=O)OCC[N+](C)(C)CC(=O)[O-].C=C(C)C(=O)OCC[N+](C)(C)CC(=O)[O-].C=Cn1cc[n+](CC(C)=O)c1. The number of ether oxygens (including phenoxy) is 2. The summed E-state index contributed by atoms with van der Waals surface area (Å²) in [5.41, 5.74) is 1.67. The summed E-state index contributed by atoms with van der Waals surface area (Å²) < 4.78 is 14.5. The van der Waals surface area contributed by atoms with Gasteiger partial charge in [-0.15, -0.1) is 0 Å². The molecule has 0 saturated carbocycles. The highest BCUT2D eigenvalue weighted by Gasteiger charge is 2.31. The van der Waals surface area contributed by atoms with E-state index in [1.54, 1.807) is 78.5 Å². The first-order chi connectivity index (χ1) is 33.3. The first-order valence-electron chi connectivity index (χ1n) is 23.1. The number of nitrogens with zero attached hydrogens (tertiary/aromatic N) is 7. The second-order valence-electron chi connectivity index (χ2n) is 19.9. The second kappa shape index (κ2) is 34.5. The average molecular weight is 1040 g/mol. The molecular formula is C50H83N8O15+. The Labute approximate surface area is 431 Å². The van der Waals surface area contributed by atoms with Gasteiger partial charge in [0.15, 0.2) is 5.78 Å². The van der Waals surface area contributed by atoms with Gasteiger partial charge >= 0.3 is 11.9 Å². The summed E-state index contributed by atoms with van der Waals surface area (Å²) in [6.07, 6.45) is 7.89. The predicted octanol–water partition coefficient (Wildman–Crippen LogP) is -4.17. The van der Waals surface area contributed by atoms with Crippen molar-refractivity contribution in [3.8, 4) is 0 Å². The van der Waals surface area contributed by atoms with Gasteiger partial charge in [-0.1, -0.05) is 32.9 Å². The molecule has 1 aliphatic heterocycles. The molecule has 2 amide bonds. The lowest BCUT2D eigenvalue weighted by atomic mass is 10.2. The van der Waals surface area contributed by atoms with Crippen LogP contribution in [0.25, 0.3) is 6.20 Å². The predicted molar refractivity (Wildman–Crippen MR) is 263 cm³/mol. The fraction of sp³-hybridized carbons (Fsp3) is 0.560. The molecule has 73 heavy (non-hydrogen) atoms. The van der Waals surface area contributed by atoms with Crippen molar-refractivity contribution in [3.05, 3.63) is 73.9 Å². The molecule has 2 heterocycles. The second-order valence-corrected chi connectivity index (χ2v) is 19.9. The number of carbonyl (C=O) groups excluding carboxylic acids is 9. The number of hydrogen-bond acceptors (Lipinski definition) is 15. The monoisotopic (exact) mass is 1040 g/mol. The number of aromatic nitrogens is 2. The Balaban J connectivity index is -0.000000843. The molecule has 1 aromatic rings. The molecule has 0 aliphatic carbocycles. The standard InChI is InChI=1S/C11H18N2O3.C11H20N2O3.2C10H17NO4.C8H11N2O/c1-9(2)11(16)12-4-6-13(3,7-5-12)8-10(14)15;1-9(2)11(16)12-6-5-7-13(3,4)8-10(14)15;2*1-8(2)10(14)15-6-5-11(3,4)7-9(12)13;1-3-9-4-5-10(7-9)6-8(2)11/h1,4-8H2,2-3H3;1,5-8H2,2-4H3,(H-,12,14,15,16);2*1,5-7H2,2-4H3;3-5,7H,1,6H2,2H3/q;;;;+1. The van der Waals surface area contributed by atoms with E-state index in [0.717, 1.165) is 6.42 Å². The van der Waals surface area contributed by atoms with Crippen LogP contribution in [0, 0.1) is 0 Å². The largest absolute Gasteiger partial charge is 0.544 e. The third kappa shape index (κ3) is 38.5. The molecule has 0 atom stereocenters. The van der Waals surface area contributed by atoms with Gasteiger partial charge in [-0.25, -0.2) is 18.7 Å². The number of imidazole rings is 1. The van der Waals surface area contributed by atoms with Gasteiger partial charge in [0, 0.05) is 35.3 Å². The van der Waals surface area contributed by atoms with E-state index in [4.69, 9.17) is 9.47 Å². The van der Waals surface area contributed by atoms with Crippen molar-refractivity contribution < 1.29 is 95.5 Å². The lowest BCUT2D eigenvalue weighted by Crippen LogP contribution is -2.61. The van der Waals surface area contributed by atoms with Crippen molar-refractivity contribution in [2.24, 2.45) is 0 Å². The number of Topliss-reactive ketones (excluding diaryl/α,β-unsaturated/α-hetero) is 1. The van der Waals surface area contributed by atoms with E-state index in [1.165, 1.54) is 0 Å². The molecule has 0 aromatic carbocycles. The number of nitrogens with one attached hydrogen (secondary N) is 1. The number of likely N-dealkylation sites (N-methyl/N-ethyl adjacent to an activating group) is 4. The summed E-state index contributed by atoms with van der Waals surface area (Å²) in [7, 11) is 12.4. The third-order valence-corrected chi connectivity index (χ3v) is 10.2. The van der Waals surface area contributed by atoms with E-state index in [9.17, 15) is 63.6 Å². The van der Waals surface area contributed by atoms with Crippen LogP contribution in [0.3, 0.4) is 0 Å². The molecule has 1 aliphatic rings. The molecule has 412 valence electrons. The van der Waals surface area contributed by atoms with E-state index < -0.39 is 35.8 Å². The molecular weight excluding hydrogens is 953 g/mol. The Morgan fingerprint density at radius 1 is 0.658 bits per heavy atom. The molecule has 0 unspecified atom stereocenters. The fourth-order valence-corrected chi connectivity index (χ4v) is 5.92. The van der Waals surface area contributed by atoms with Crippen molar-refractivity contribution >= 4 is 59.6 Å². The quantitative estimate of drug-likeness (QED) is 0.0320. The summed E-state index contributed by atoms with van der Waals surface area (Å²) in [4.78, 5) is 98.9. The molecule has 1 N–H and O–H groups in total. The first kappa shape index (κ1) is 70.4. The smallest absolute Gasteiger partial charge is 0.333 e. The van der Waals surface area contributed by atoms with Gasteiger partial charge in [0.05, 0.1) is 112 Å². The van der Waals surface area contributed by atoms with Gasteiger partial charge in [-0.05, 0) is 34.6 Å². The zero-order chi connectivity index (χ0) is 57.5. The van der Waals surface area contributed by atoms with Gasteiger partial charge < -0.3 is 77.2 Å². The van der Waals surface area contributed by atoms with Crippen molar-refractivity contribution in [2.45, 2.75) is 47.6 Å². The van der Waals surface area contributed by atoms with Gasteiger partial charge in [-0.2, -0.15) is 0 Å². The van der Waals surface area contributed by atoms with Gasteiger partial charge in [0.2, 0.25) is 18.1 Å². The number of amides is 2. The van der Waals surface area contributed by atoms with Crippen LogP contribution in [0.1, 0.15) is 41.0 Å². The molecule has 1 saturated heterocycles. The zero-order valence-electron chi connectivity index (χ0n) is 45.4. The number of ketones is 1. The molecule has 2 rings (SSSR count). The molecule has 1 aromatic heterocycles. The van der Waals surface area contributed by atoms with Crippen LogP contribution in [0.15, 0.2) is 73.9 Å². The van der Waals surface area contributed by atoms with Crippen molar-refractivity contribution in [3.63, 3.8) is 0 Å². The van der Waals surface area contributed by atoms with E-state index in [1.807, 2.05) is 44.4 Å². The highest BCUT2D eigenvalue weighted by Crippen LogP contribution is 2.11. The topological polar surface area (TPSA) is 288 Å². The first-order valence-corrected chi connectivity index (χ1v) is 23.1. The number of esters is 2. The van der Waals surface area contributed by atoms with Crippen LogP contribution in [-0.2, 0) is 59.2 Å². The van der Waals surface area contributed by atoms with Crippen LogP contribution in [0.5, 0.6) is 0 Å². The summed E-state index contributed by atoms with van der Waals surface area (Å²) >= 11 is 0. The Hall–Kier alpha value is -6.82. The van der Waals surface area contributed by atoms with Gasteiger partial charge in [0.1, 0.15) is 71.4 Å². The summed E-state index contributed by atoms with van der Waals surface area (Å²) in [5.74, 6) is -5.30. The Morgan fingerprint density at radius 2 is 1.07 bits per heavy atom. The van der Waals surface area contributed by atoms with Gasteiger partial charge in [-0.3, -0.25) is 14.4 Å². The number of carboxylic acids is 4. The van der Waals surface area contributed by atoms with Crippen LogP contribution in [-0.4, -0.2) is 222 Å². The number of quaternary nitrogens is 4. The molecule has 0 spiro atoms. The summed E-state index contributed by atoms with van der Waals surface area (Å²) in [6, 6.07) is 0. The Bertz CT molecular complexity index is 2040. The average Bonchev–Trinajstić information content (AvgIpc) is 3.68. The number of rotatable bonds is 25. The number of carboxylic acid groups (broad SMARTS) is 4. The lowest BCUT2D eigenvalue weighted by Gasteiger charge is -2.42. The maximum atomic E-state index is 11.6. The van der Waals surface area contributed by atoms with E-state index in [0.29, 0.717) is 90.2 Å². The maximum absolute atomic E-state index is 11.6. The summed E-state index contributed by atoms with van der Waals surface area (Å²) in [5, 5.41) is 44.5. The highest BCUT2D eigenvalue weighted by atomic mass is 16.5. The van der Waals surface area contributed by atoms with Crippen LogP contribution >= 0.6 is 0 Å². The van der Waals surface area contributed by atoms with Crippen LogP contribution in [0.4, 0.5) is 0 Å². The zero-order valence-corrected chi connectivity index (χ0v) is 45.4. The normalized spacial score (nSPS) is 12.5. The fourth-order valence-electron chi connectivity index (χ4n) is 5.92. The van der Waals surface area contributed by atoms with Crippen molar-refractivity contribution in [1.29, 1.82) is 0 Å². The number of carbonyl (C=O) groups is 9. The maximum Gasteiger partial charge on any atom is 0.333 e. The molecule has 0 bridgehead atoms. The summed E-state index contributed by atoms with van der Waals surface area (Å²) in [6.45, 7) is 30.7. The lowest BCUT2D eigenvalue weighted by molar-refractivity contribution is -0.907. The van der Waals surface area contributed by atoms with Crippen molar-refractivity contribution in [2.75, 3.05) is 141 Å². The molecule has 23 nitrogen and oxygen atoms in total. The van der Waals surface area contributed by atoms with Crippen molar-refractivity contribution in [1.82, 2.24) is 14.8 Å². The molecule has 23 heteroatoms. The molecule has 0 radical (unpaired) electrons. The molecule has 1 fully saturated rings. The highest BCUT2D eigenvalue weighted by molar-refractivity contribution is 5.92. The minimum atomic E-state index is -1.12. The number of hydrogen-bond donors (Lipinski definition) is 1. The van der Waals surface area contributed by atoms with Crippen LogP contribution < -0.4 is 30.3 Å². The third-order valence-electron chi connectivity index (χ3n) is 10.2. The number of piperazine rings is 1. The number of aliphatic carboxylic acids is 4. The Morgan fingerprint density at radius 3 is 1.38 bits per heavy atom. The van der Waals surface area contributed by atoms with E-state index in [2.05, 4.69) is 38.2 Å². The van der Waals surface area contributed by atoms with E-state index >= 15 is 0 Å². The minimum Gasteiger partial charge on any atom is -0.544 e.